The molecule has 1 saturated heterocycles. The first kappa shape index (κ1) is 7.19. The predicted octanol–water partition coefficient (Wildman–Crippen LogP) is -3.22. The normalized spacial score (nSPS) is 63.9. The molecular weight excluding hydrogens is 168 g/mol. The van der Waals surface area contributed by atoms with Gasteiger partial charge in [-0.05, 0) is 0 Å². The molecule has 1 heterocycles. The van der Waals surface area contributed by atoms with Crippen molar-refractivity contribution in [3.63, 3.8) is 0 Å². The van der Waals surface area contributed by atoms with Crippen LogP contribution in [0.3, 0.4) is 0 Å². The number of ether oxygens (including phenoxy) is 1. The molecule has 1 unspecified atom stereocenters. The largest absolute Gasteiger partial charge is 0.394 e. The first-order valence-corrected chi connectivity index (χ1v) is 3.31. The molecule has 0 spiro atoms. The summed E-state index contributed by atoms with van der Waals surface area (Å²) in [4.78, 5) is 0. The van der Waals surface area contributed by atoms with E-state index in [4.69, 9.17) is 18.1 Å². The molecule has 6 nitrogen and oxygen atoms in total. The van der Waals surface area contributed by atoms with Crippen LogP contribution in [-0.4, -0.2) is 62.8 Å². The van der Waals surface area contributed by atoms with Gasteiger partial charge in [-0.3, -0.25) is 0 Å². The second-order valence-corrected chi connectivity index (χ2v) is 2.41. The van der Waals surface area contributed by atoms with Crippen molar-refractivity contribution in [3.05, 3.63) is 0 Å². The Hall–Kier alpha value is -0.240. The van der Waals surface area contributed by atoms with Gasteiger partial charge in [0, 0.05) is 0 Å². The molecule has 1 aliphatic heterocycles. The van der Waals surface area contributed by atoms with Gasteiger partial charge in [-0.15, -0.1) is 0 Å². The molecule has 12 heavy (non-hydrogen) atoms. The fraction of sp³-hybridized carbons (Fsp3) is 1.00. The van der Waals surface area contributed by atoms with Crippen LogP contribution >= 0.6 is 0 Å². The first-order valence-electron chi connectivity index (χ1n) is 4.31. The molecule has 1 fully saturated rings. The third kappa shape index (κ3) is 1.58. The second-order valence-electron chi connectivity index (χ2n) is 2.41. The zero-order valence-electron chi connectivity index (χ0n) is 8.08. The van der Waals surface area contributed by atoms with Gasteiger partial charge in [0.1, 0.15) is 24.4 Å². The number of aliphatic hydroxyl groups is 5. The molecule has 1 rings (SSSR count). The average Bonchev–Trinajstić information content (AvgIpc) is 2.13. The van der Waals surface area contributed by atoms with Crippen molar-refractivity contribution in [1.82, 2.24) is 0 Å². The number of aliphatic hydroxyl groups excluding tert-OH is 4. The van der Waals surface area contributed by atoms with Crippen LogP contribution in [0.4, 0.5) is 0 Å². The van der Waals surface area contributed by atoms with E-state index in [1.807, 2.05) is 0 Å². The molecule has 1 aliphatic rings. The van der Waals surface area contributed by atoms with E-state index in [9.17, 15) is 10.2 Å². The van der Waals surface area contributed by atoms with Crippen LogP contribution in [0.5, 0.6) is 0 Å². The standard InChI is InChI=1S/C6H12O6/c7-1-2-3(8)4(9)5(10)6(11)12-2/h2-11H,1H2/t2-,3-,4+,5-,6?/m1/s1/i2D,4D. The lowest BCUT2D eigenvalue weighted by atomic mass is 10.00. The lowest BCUT2D eigenvalue weighted by Gasteiger charge is -2.37. The molecule has 0 aromatic carbocycles. The van der Waals surface area contributed by atoms with Crippen LogP contribution in [0.15, 0.2) is 0 Å². The Kier molecular flexibility index (Phi) is 2.19. The smallest absolute Gasteiger partial charge is 0.184 e. The van der Waals surface area contributed by atoms with Crippen LogP contribution < -0.4 is 0 Å². The summed E-state index contributed by atoms with van der Waals surface area (Å²) in [5.41, 5.74) is 0. The summed E-state index contributed by atoms with van der Waals surface area (Å²) < 4.78 is 18.8. The molecule has 0 aromatic rings. The highest BCUT2D eigenvalue weighted by Gasteiger charge is 2.42. The third-order valence-corrected chi connectivity index (χ3v) is 1.59. The van der Waals surface area contributed by atoms with Crippen LogP contribution in [0.2, 0.25) is 0 Å². The van der Waals surface area contributed by atoms with E-state index in [1.165, 1.54) is 0 Å². The Bertz CT molecular complexity index is 220. The van der Waals surface area contributed by atoms with Crippen LogP contribution in [0.1, 0.15) is 2.74 Å². The Morgan fingerprint density at radius 3 is 2.25 bits per heavy atom. The molecule has 0 bridgehead atoms. The fourth-order valence-corrected chi connectivity index (χ4v) is 0.880. The molecule has 6 heteroatoms. The Labute approximate surface area is 71.5 Å². The minimum Gasteiger partial charge on any atom is -0.394 e. The first-order chi connectivity index (χ1) is 6.25. The summed E-state index contributed by atoms with van der Waals surface area (Å²) >= 11 is 0. The van der Waals surface area contributed by atoms with E-state index in [0.29, 0.717) is 0 Å². The summed E-state index contributed by atoms with van der Waals surface area (Å²) in [5, 5.41) is 45.3. The highest BCUT2D eigenvalue weighted by atomic mass is 16.6. The average molecular weight is 182 g/mol. The summed E-state index contributed by atoms with van der Waals surface area (Å²) in [6.45, 7) is -1.03. The van der Waals surface area contributed by atoms with Gasteiger partial charge in [0.25, 0.3) is 0 Å². The minimum absolute atomic E-state index is 1.03. The summed E-state index contributed by atoms with van der Waals surface area (Å²) in [5.74, 6) is 0. The maximum atomic E-state index is 9.26. The highest BCUT2D eigenvalue weighted by Crippen LogP contribution is 2.18. The van der Waals surface area contributed by atoms with E-state index < -0.39 is 37.3 Å². The van der Waals surface area contributed by atoms with Crippen molar-refractivity contribution in [2.24, 2.45) is 0 Å². The maximum absolute atomic E-state index is 9.26. The van der Waals surface area contributed by atoms with Crippen LogP contribution in [0.25, 0.3) is 0 Å². The van der Waals surface area contributed by atoms with E-state index >= 15 is 0 Å². The monoisotopic (exact) mass is 182 g/mol. The minimum atomic E-state index is -2.86. The van der Waals surface area contributed by atoms with Crippen LogP contribution in [-0.2, 0) is 4.74 Å². The van der Waals surface area contributed by atoms with Gasteiger partial charge in [0.05, 0.1) is 9.35 Å². The summed E-state index contributed by atoms with van der Waals surface area (Å²) in [6, 6.07) is 0. The van der Waals surface area contributed by atoms with Gasteiger partial charge in [0.2, 0.25) is 0 Å². The molecular formula is C6H12O6. The van der Waals surface area contributed by atoms with Gasteiger partial charge in [-0.25, -0.2) is 0 Å². The van der Waals surface area contributed by atoms with Gasteiger partial charge >= 0.3 is 0 Å². The van der Waals surface area contributed by atoms with Crippen molar-refractivity contribution in [2.75, 3.05) is 6.61 Å². The van der Waals surface area contributed by atoms with Gasteiger partial charge in [0.15, 0.2) is 6.29 Å². The lowest BCUT2D eigenvalue weighted by Crippen LogP contribution is -2.58. The molecule has 5 N–H and O–H groups in total. The number of rotatable bonds is 1. The highest BCUT2D eigenvalue weighted by molar-refractivity contribution is 4.87. The fourth-order valence-electron chi connectivity index (χ4n) is 0.880. The number of hydrogen-bond donors (Lipinski definition) is 5. The topological polar surface area (TPSA) is 110 Å². The number of hydrogen-bond acceptors (Lipinski definition) is 6. The maximum Gasteiger partial charge on any atom is 0.184 e. The Morgan fingerprint density at radius 1 is 1.17 bits per heavy atom. The molecule has 72 valence electrons. The molecule has 0 radical (unpaired) electrons. The summed E-state index contributed by atoms with van der Waals surface area (Å²) in [7, 11) is 0. The summed E-state index contributed by atoms with van der Waals surface area (Å²) in [6.07, 6.45) is -11.5. The molecule has 0 aromatic heterocycles. The van der Waals surface area contributed by atoms with E-state index in [1.54, 1.807) is 0 Å². The molecule has 5 atom stereocenters. The second kappa shape index (κ2) is 3.65. The van der Waals surface area contributed by atoms with Crippen LogP contribution in [0, 0.1) is 0 Å². The molecule has 0 saturated carbocycles. The van der Waals surface area contributed by atoms with Gasteiger partial charge < -0.3 is 30.3 Å². The van der Waals surface area contributed by atoms with Gasteiger partial charge in [-0.2, -0.15) is 0 Å². The molecule has 0 amide bonds. The molecule has 0 aliphatic carbocycles. The van der Waals surface area contributed by atoms with E-state index in [2.05, 4.69) is 4.74 Å². The van der Waals surface area contributed by atoms with Gasteiger partial charge in [-0.1, -0.05) is 0 Å². The van der Waals surface area contributed by atoms with Crippen molar-refractivity contribution >= 4 is 0 Å². The van der Waals surface area contributed by atoms with Crippen molar-refractivity contribution in [1.29, 1.82) is 0 Å². The van der Waals surface area contributed by atoms with E-state index in [-0.39, 0.29) is 0 Å². The Balaban J connectivity index is 2.99. The predicted molar refractivity (Wildman–Crippen MR) is 36.0 cm³/mol. The zero-order valence-corrected chi connectivity index (χ0v) is 6.08. The third-order valence-electron chi connectivity index (χ3n) is 1.59. The SMILES string of the molecule is [2H][C@@]1(O)[C@@H](O)C(O)O[C@]([2H])(CO)[C@H]1O. The van der Waals surface area contributed by atoms with Crippen molar-refractivity contribution in [2.45, 2.75) is 30.7 Å². The quantitative estimate of drug-likeness (QED) is 0.292. The zero-order chi connectivity index (χ0) is 11.1. The van der Waals surface area contributed by atoms with Crippen molar-refractivity contribution in [3.8, 4) is 0 Å². The lowest BCUT2D eigenvalue weighted by molar-refractivity contribution is -0.286. The Morgan fingerprint density at radius 2 is 1.75 bits per heavy atom. The van der Waals surface area contributed by atoms with E-state index in [0.717, 1.165) is 0 Å². The van der Waals surface area contributed by atoms with Crippen molar-refractivity contribution < 1.29 is 33.0 Å².